The first-order chi connectivity index (χ1) is 14.0. The minimum absolute atomic E-state index is 0.0793. The lowest BCUT2D eigenvalue weighted by molar-refractivity contribution is -0.134. The normalized spacial score (nSPS) is 10.7. The zero-order valence-electron chi connectivity index (χ0n) is 16.3. The van der Waals surface area contributed by atoms with Crippen molar-refractivity contribution in [1.82, 2.24) is 14.5 Å². The van der Waals surface area contributed by atoms with Crippen molar-refractivity contribution in [2.75, 3.05) is 25.5 Å². The summed E-state index contributed by atoms with van der Waals surface area (Å²) in [6.07, 6.45) is 1.56. The number of anilines is 1. The number of para-hydroxylation sites is 2. The number of aromatic nitrogens is 2. The van der Waals surface area contributed by atoms with Crippen molar-refractivity contribution in [3.63, 3.8) is 0 Å². The lowest BCUT2D eigenvalue weighted by Gasteiger charge is -2.21. The first kappa shape index (κ1) is 20.5. The number of carbonyl (C=O) groups is 2. The molecule has 152 valence electrons. The number of nitrogens with zero attached hydrogens (tertiary/aromatic N) is 3. The van der Waals surface area contributed by atoms with Crippen LogP contribution in [0.2, 0.25) is 0 Å². The third kappa shape index (κ3) is 4.80. The first-order valence-corrected chi connectivity index (χ1v) is 10.0. The maximum atomic E-state index is 12.6. The predicted molar refractivity (Wildman–Crippen MR) is 112 cm³/mol. The molecule has 0 saturated heterocycles. The molecule has 0 fully saturated rings. The van der Waals surface area contributed by atoms with Gasteiger partial charge in [0.05, 0.1) is 31.1 Å². The summed E-state index contributed by atoms with van der Waals surface area (Å²) in [5.41, 5.74) is 0.381. The largest absolute Gasteiger partial charge is 0.495 e. The second-order valence-corrected chi connectivity index (χ2v) is 7.18. The van der Waals surface area contributed by atoms with Crippen molar-refractivity contribution < 1.29 is 14.3 Å². The van der Waals surface area contributed by atoms with E-state index in [9.17, 15) is 14.4 Å². The molecular weight excluding hydrogens is 392 g/mol. The van der Waals surface area contributed by atoms with Crippen LogP contribution in [0.15, 0.2) is 46.8 Å². The topological polar surface area (TPSA) is 93.5 Å². The molecule has 0 atom stereocenters. The number of rotatable bonds is 8. The SMILES string of the molecule is CCN(CC(=O)Nc1ccccc1OC)C(=O)CCn1cnc2sccc2c1=O. The molecule has 3 aromatic rings. The first-order valence-electron chi connectivity index (χ1n) is 9.16. The molecule has 0 aliphatic rings. The monoisotopic (exact) mass is 414 g/mol. The standard InChI is InChI=1S/C20H22N4O4S/c1-3-23(12-17(25)22-15-6-4-5-7-16(15)28-2)18(26)8-10-24-13-21-19-14(20(24)27)9-11-29-19/h4-7,9,11,13H,3,8,10,12H2,1-2H3,(H,22,25). The Hall–Kier alpha value is -3.20. The number of methoxy groups -OCH3 is 1. The van der Waals surface area contributed by atoms with Crippen molar-refractivity contribution >= 4 is 39.1 Å². The number of aryl methyl sites for hydroxylation is 1. The molecule has 0 aliphatic carbocycles. The molecule has 2 heterocycles. The fourth-order valence-corrected chi connectivity index (χ4v) is 3.64. The fourth-order valence-electron chi connectivity index (χ4n) is 2.91. The molecule has 9 heteroatoms. The minimum atomic E-state index is -0.316. The Bertz CT molecular complexity index is 1080. The van der Waals surface area contributed by atoms with Gasteiger partial charge in [0, 0.05) is 19.5 Å². The van der Waals surface area contributed by atoms with Gasteiger partial charge in [0.15, 0.2) is 0 Å². The molecule has 2 aromatic heterocycles. The summed E-state index contributed by atoms with van der Waals surface area (Å²) in [5, 5.41) is 5.12. The van der Waals surface area contributed by atoms with E-state index >= 15 is 0 Å². The zero-order chi connectivity index (χ0) is 20.8. The number of benzene rings is 1. The van der Waals surface area contributed by atoms with E-state index in [0.29, 0.717) is 28.2 Å². The van der Waals surface area contributed by atoms with E-state index in [1.165, 1.54) is 34.2 Å². The van der Waals surface area contributed by atoms with Gasteiger partial charge in [-0.05, 0) is 30.5 Å². The van der Waals surface area contributed by atoms with Crippen LogP contribution in [0.4, 0.5) is 5.69 Å². The van der Waals surface area contributed by atoms with Gasteiger partial charge in [0.1, 0.15) is 10.6 Å². The number of carbonyl (C=O) groups excluding carboxylic acids is 2. The highest BCUT2D eigenvalue weighted by atomic mass is 32.1. The summed E-state index contributed by atoms with van der Waals surface area (Å²) >= 11 is 1.40. The molecular formula is C20H22N4O4S. The molecule has 0 spiro atoms. The number of nitrogens with one attached hydrogen (secondary N) is 1. The molecule has 0 saturated carbocycles. The van der Waals surface area contributed by atoms with Crippen molar-refractivity contribution in [3.8, 4) is 5.75 Å². The lowest BCUT2D eigenvalue weighted by Crippen LogP contribution is -2.38. The van der Waals surface area contributed by atoms with Crippen LogP contribution in [0.3, 0.4) is 0 Å². The van der Waals surface area contributed by atoms with Gasteiger partial charge in [-0.15, -0.1) is 11.3 Å². The van der Waals surface area contributed by atoms with Crippen LogP contribution in [0.25, 0.3) is 10.2 Å². The second-order valence-electron chi connectivity index (χ2n) is 6.29. The number of hydrogen-bond donors (Lipinski definition) is 1. The van der Waals surface area contributed by atoms with Gasteiger partial charge in [-0.2, -0.15) is 0 Å². The zero-order valence-corrected chi connectivity index (χ0v) is 17.1. The molecule has 2 amide bonds. The summed E-state index contributed by atoms with van der Waals surface area (Å²) in [5.74, 6) is 0.0224. The Balaban J connectivity index is 1.60. The van der Waals surface area contributed by atoms with Crippen LogP contribution in [0.5, 0.6) is 5.75 Å². The molecule has 29 heavy (non-hydrogen) atoms. The minimum Gasteiger partial charge on any atom is -0.495 e. The smallest absolute Gasteiger partial charge is 0.262 e. The number of ether oxygens (including phenoxy) is 1. The maximum Gasteiger partial charge on any atom is 0.262 e. The summed E-state index contributed by atoms with van der Waals surface area (Å²) in [7, 11) is 1.52. The Labute approximate surface area is 171 Å². The van der Waals surface area contributed by atoms with Gasteiger partial charge in [-0.25, -0.2) is 4.98 Å². The molecule has 1 N–H and O–H groups in total. The quantitative estimate of drug-likeness (QED) is 0.611. The Kier molecular flexibility index (Phi) is 6.61. The van der Waals surface area contributed by atoms with Crippen LogP contribution in [-0.2, 0) is 16.1 Å². The number of likely N-dealkylation sites (N-methyl/N-ethyl adjacent to an activating group) is 1. The second kappa shape index (κ2) is 9.33. The van der Waals surface area contributed by atoms with E-state index in [-0.39, 0.29) is 36.9 Å². The van der Waals surface area contributed by atoms with Crippen LogP contribution in [0, 0.1) is 0 Å². The number of amides is 2. The van der Waals surface area contributed by atoms with E-state index in [4.69, 9.17) is 4.74 Å². The van der Waals surface area contributed by atoms with Crippen molar-refractivity contribution in [2.24, 2.45) is 0 Å². The Morgan fingerprint density at radius 3 is 2.83 bits per heavy atom. The van der Waals surface area contributed by atoms with Crippen LogP contribution in [0.1, 0.15) is 13.3 Å². The van der Waals surface area contributed by atoms with E-state index in [1.807, 2.05) is 5.38 Å². The van der Waals surface area contributed by atoms with Crippen molar-refractivity contribution in [2.45, 2.75) is 19.9 Å². The average Bonchev–Trinajstić information content (AvgIpc) is 3.21. The highest BCUT2D eigenvalue weighted by Crippen LogP contribution is 2.22. The van der Waals surface area contributed by atoms with Gasteiger partial charge in [-0.3, -0.25) is 19.0 Å². The number of hydrogen-bond acceptors (Lipinski definition) is 6. The summed E-state index contributed by atoms with van der Waals surface area (Å²) in [6, 6.07) is 8.80. The average molecular weight is 414 g/mol. The highest BCUT2D eigenvalue weighted by molar-refractivity contribution is 7.16. The van der Waals surface area contributed by atoms with Crippen LogP contribution in [-0.4, -0.2) is 46.5 Å². The molecule has 0 unspecified atom stereocenters. The molecule has 1 aromatic carbocycles. The Morgan fingerprint density at radius 1 is 1.28 bits per heavy atom. The van der Waals surface area contributed by atoms with Gasteiger partial charge in [0.2, 0.25) is 11.8 Å². The van der Waals surface area contributed by atoms with E-state index < -0.39 is 0 Å². The third-order valence-electron chi connectivity index (χ3n) is 4.47. The maximum absolute atomic E-state index is 12.6. The lowest BCUT2D eigenvalue weighted by atomic mass is 10.3. The summed E-state index contributed by atoms with van der Waals surface area (Å²) < 4.78 is 6.64. The van der Waals surface area contributed by atoms with Crippen LogP contribution < -0.4 is 15.6 Å². The van der Waals surface area contributed by atoms with Crippen molar-refractivity contribution in [1.29, 1.82) is 0 Å². The number of fused-ring (bicyclic) bond motifs is 1. The van der Waals surface area contributed by atoms with Crippen molar-refractivity contribution in [3.05, 3.63) is 52.4 Å². The molecule has 0 radical (unpaired) electrons. The van der Waals surface area contributed by atoms with Gasteiger partial charge >= 0.3 is 0 Å². The van der Waals surface area contributed by atoms with E-state index in [2.05, 4.69) is 10.3 Å². The van der Waals surface area contributed by atoms with Gasteiger partial charge < -0.3 is 15.0 Å². The molecule has 0 bridgehead atoms. The van der Waals surface area contributed by atoms with Crippen LogP contribution >= 0.6 is 11.3 Å². The van der Waals surface area contributed by atoms with Gasteiger partial charge in [0.25, 0.3) is 5.56 Å². The van der Waals surface area contributed by atoms with E-state index in [0.717, 1.165) is 0 Å². The highest BCUT2D eigenvalue weighted by Gasteiger charge is 2.17. The Morgan fingerprint density at radius 2 is 2.07 bits per heavy atom. The van der Waals surface area contributed by atoms with E-state index in [1.54, 1.807) is 37.3 Å². The summed E-state index contributed by atoms with van der Waals surface area (Å²) in [6.45, 7) is 2.32. The van der Waals surface area contributed by atoms with Gasteiger partial charge in [-0.1, -0.05) is 12.1 Å². The molecule has 3 rings (SSSR count). The molecule has 8 nitrogen and oxygen atoms in total. The molecule has 0 aliphatic heterocycles. The predicted octanol–water partition coefficient (Wildman–Crippen LogP) is 2.34. The number of thiophene rings is 1. The fraction of sp³-hybridized carbons (Fsp3) is 0.300. The third-order valence-corrected chi connectivity index (χ3v) is 5.29. The summed E-state index contributed by atoms with van der Waals surface area (Å²) in [4.78, 5) is 43.7.